The minimum absolute atomic E-state index is 0.155. The SMILES string of the molecule is Cc1cc(S(=O)(=O)Nc2cccc(-c3cc(C)c(C(=O)N(C)[C@@H](CN(C)C)C(=O)O)c(C)c3)c2)c(C)cc1Cl. The predicted octanol–water partition coefficient (Wildman–Crippen LogP) is 5.13. The smallest absolute Gasteiger partial charge is 0.327 e. The fourth-order valence-corrected chi connectivity index (χ4v) is 6.09. The fraction of sp³-hybridized carbons (Fsp3) is 0.310. The highest BCUT2D eigenvalue weighted by molar-refractivity contribution is 7.92. The number of aryl methyl sites for hydroxylation is 4. The molecule has 0 aliphatic heterocycles. The van der Waals surface area contributed by atoms with Gasteiger partial charge in [-0.05, 0) is 99.4 Å². The van der Waals surface area contributed by atoms with E-state index in [2.05, 4.69) is 4.72 Å². The molecule has 8 nitrogen and oxygen atoms in total. The fourth-order valence-electron chi connectivity index (χ4n) is 4.51. The number of nitrogens with zero attached hydrogens (tertiary/aromatic N) is 2. The lowest BCUT2D eigenvalue weighted by atomic mass is 9.94. The summed E-state index contributed by atoms with van der Waals surface area (Å²) in [6.07, 6.45) is 0. The van der Waals surface area contributed by atoms with Crippen LogP contribution >= 0.6 is 11.6 Å². The Balaban J connectivity index is 1.93. The van der Waals surface area contributed by atoms with Crippen LogP contribution in [0.15, 0.2) is 53.4 Å². The lowest BCUT2D eigenvalue weighted by molar-refractivity contribution is -0.142. The highest BCUT2D eigenvalue weighted by Gasteiger charge is 2.29. The van der Waals surface area contributed by atoms with E-state index in [1.165, 1.54) is 11.9 Å². The van der Waals surface area contributed by atoms with E-state index in [1.807, 2.05) is 18.2 Å². The van der Waals surface area contributed by atoms with Gasteiger partial charge in [-0.2, -0.15) is 0 Å². The van der Waals surface area contributed by atoms with Crippen LogP contribution in [-0.4, -0.2) is 68.9 Å². The Morgan fingerprint density at radius 2 is 1.51 bits per heavy atom. The Bertz CT molecular complexity index is 1510. The molecule has 0 bridgehead atoms. The molecule has 3 rings (SSSR count). The van der Waals surface area contributed by atoms with Crippen LogP contribution in [-0.2, 0) is 14.8 Å². The first kappa shape index (κ1) is 30.1. The van der Waals surface area contributed by atoms with Crippen LogP contribution in [0.3, 0.4) is 0 Å². The Labute approximate surface area is 235 Å². The number of hydrogen-bond acceptors (Lipinski definition) is 5. The molecule has 0 aliphatic carbocycles. The minimum Gasteiger partial charge on any atom is -0.480 e. The second-order valence-electron chi connectivity index (χ2n) is 10.1. The Morgan fingerprint density at radius 3 is 2.08 bits per heavy atom. The lowest BCUT2D eigenvalue weighted by Gasteiger charge is -2.28. The quantitative estimate of drug-likeness (QED) is 0.369. The summed E-state index contributed by atoms with van der Waals surface area (Å²) in [5.74, 6) is -1.45. The van der Waals surface area contributed by atoms with Gasteiger partial charge in [0.25, 0.3) is 15.9 Å². The molecule has 0 radical (unpaired) electrons. The Hall–Kier alpha value is -3.40. The molecule has 39 heavy (non-hydrogen) atoms. The van der Waals surface area contributed by atoms with Gasteiger partial charge in [-0.3, -0.25) is 9.52 Å². The van der Waals surface area contributed by atoms with E-state index in [4.69, 9.17) is 11.6 Å². The zero-order valence-corrected chi connectivity index (χ0v) is 24.7. The third-order valence-electron chi connectivity index (χ3n) is 6.55. The summed E-state index contributed by atoms with van der Waals surface area (Å²) in [7, 11) is 1.15. The monoisotopic (exact) mass is 571 g/mol. The number of amides is 1. The zero-order valence-electron chi connectivity index (χ0n) is 23.2. The van der Waals surface area contributed by atoms with Gasteiger partial charge in [-0.15, -0.1) is 0 Å². The molecule has 3 aromatic carbocycles. The number of carboxylic acid groups (broad SMARTS) is 1. The first-order valence-electron chi connectivity index (χ1n) is 12.3. The molecule has 0 aromatic heterocycles. The van der Waals surface area contributed by atoms with E-state index < -0.39 is 22.0 Å². The third-order valence-corrected chi connectivity index (χ3v) is 8.48. The van der Waals surface area contributed by atoms with Crippen LogP contribution in [0.1, 0.15) is 32.6 Å². The van der Waals surface area contributed by atoms with Gasteiger partial charge in [-0.25, -0.2) is 13.2 Å². The largest absolute Gasteiger partial charge is 0.480 e. The summed E-state index contributed by atoms with van der Waals surface area (Å²) in [5, 5.41) is 10.2. The van der Waals surface area contributed by atoms with Gasteiger partial charge in [0.15, 0.2) is 0 Å². The number of anilines is 1. The average Bonchev–Trinajstić information content (AvgIpc) is 2.83. The second kappa shape index (κ2) is 11.8. The van der Waals surface area contributed by atoms with Crippen LogP contribution in [0.5, 0.6) is 0 Å². The number of hydrogen-bond donors (Lipinski definition) is 2. The summed E-state index contributed by atoms with van der Waals surface area (Å²) >= 11 is 6.14. The van der Waals surface area contributed by atoms with Crippen LogP contribution < -0.4 is 4.72 Å². The number of halogens is 1. The summed E-state index contributed by atoms with van der Waals surface area (Å²) < 4.78 is 29.0. The van der Waals surface area contributed by atoms with Crippen molar-refractivity contribution in [1.82, 2.24) is 9.80 Å². The van der Waals surface area contributed by atoms with Crippen LogP contribution in [0.25, 0.3) is 11.1 Å². The molecular formula is C29H34ClN3O5S. The van der Waals surface area contributed by atoms with Gasteiger partial charge in [0.1, 0.15) is 6.04 Å². The molecular weight excluding hydrogens is 538 g/mol. The predicted molar refractivity (Wildman–Crippen MR) is 155 cm³/mol. The highest BCUT2D eigenvalue weighted by atomic mass is 35.5. The lowest BCUT2D eigenvalue weighted by Crippen LogP contribution is -2.48. The minimum atomic E-state index is -3.86. The van der Waals surface area contributed by atoms with E-state index in [0.29, 0.717) is 38.5 Å². The van der Waals surface area contributed by atoms with Crippen molar-refractivity contribution in [2.75, 3.05) is 32.4 Å². The molecule has 2 N–H and O–H groups in total. The van der Waals surface area contributed by atoms with Crippen molar-refractivity contribution in [3.05, 3.63) is 81.4 Å². The maximum atomic E-state index is 13.3. The number of carbonyl (C=O) groups excluding carboxylic acids is 1. The first-order chi connectivity index (χ1) is 18.1. The number of sulfonamides is 1. The van der Waals surface area contributed by atoms with Crippen LogP contribution in [0, 0.1) is 27.7 Å². The number of aliphatic carboxylic acids is 1. The highest BCUT2D eigenvalue weighted by Crippen LogP contribution is 2.30. The molecule has 10 heteroatoms. The maximum Gasteiger partial charge on any atom is 0.327 e. The number of carbonyl (C=O) groups is 2. The van der Waals surface area contributed by atoms with Gasteiger partial charge in [0.2, 0.25) is 0 Å². The molecule has 0 saturated carbocycles. The van der Waals surface area contributed by atoms with Gasteiger partial charge in [0.05, 0.1) is 4.90 Å². The summed E-state index contributed by atoms with van der Waals surface area (Å²) in [6.45, 7) is 7.24. The van der Waals surface area contributed by atoms with E-state index in [0.717, 1.165) is 11.1 Å². The van der Waals surface area contributed by atoms with Crippen LogP contribution in [0.2, 0.25) is 5.02 Å². The normalized spacial score (nSPS) is 12.3. The zero-order chi connectivity index (χ0) is 29.2. The van der Waals surface area contributed by atoms with Gasteiger partial charge in [-0.1, -0.05) is 35.9 Å². The number of rotatable bonds is 9. The topological polar surface area (TPSA) is 107 Å². The van der Waals surface area contributed by atoms with E-state index in [9.17, 15) is 23.1 Å². The molecule has 208 valence electrons. The molecule has 0 aliphatic rings. The summed E-state index contributed by atoms with van der Waals surface area (Å²) in [5.41, 5.74) is 4.98. The number of likely N-dealkylation sites (N-methyl/N-ethyl adjacent to an activating group) is 2. The summed E-state index contributed by atoms with van der Waals surface area (Å²) in [6, 6.07) is 12.9. The molecule has 0 spiro atoms. The van der Waals surface area contributed by atoms with E-state index in [1.54, 1.807) is 77.0 Å². The molecule has 0 heterocycles. The number of nitrogens with one attached hydrogen (secondary N) is 1. The first-order valence-corrected chi connectivity index (χ1v) is 14.1. The van der Waals surface area contributed by atoms with Crippen molar-refractivity contribution in [2.45, 2.75) is 38.6 Å². The molecule has 1 amide bonds. The molecule has 0 saturated heterocycles. The summed E-state index contributed by atoms with van der Waals surface area (Å²) in [4.78, 5) is 28.3. The molecule has 1 atom stereocenters. The van der Waals surface area contributed by atoms with Crippen molar-refractivity contribution >= 4 is 39.2 Å². The number of benzene rings is 3. The molecule has 0 unspecified atom stereocenters. The third kappa shape index (κ3) is 6.79. The van der Waals surface area contributed by atoms with Crippen molar-refractivity contribution in [3.63, 3.8) is 0 Å². The van der Waals surface area contributed by atoms with E-state index in [-0.39, 0.29) is 17.3 Å². The average molecular weight is 572 g/mol. The standard InChI is InChI=1S/C29H34ClN3O5S/c1-17-14-26(18(2)13-24(17)30)39(37,38)31-23-10-8-9-21(15-23)22-11-19(3)27(20(4)12-22)28(34)33(7)25(29(35)36)16-32(5)6/h8-15,25,31H,16H2,1-7H3,(H,35,36)/t25-/m0/s1. The van der Waals surface area contributed by atoms with Gasteiger partial charge in [0, 0.05) is 29.9 Å². The Morgan fingerprint density at radius 1 is 0.897 bits per heavy atom. The van der Waals surface area contributed by atoms with Crippen molar-refractivity contribution in [1.29, 1.82) is 0 Å². The maximum absolute atomic E-state index is 13.3. The van der Waals surface area contributed by atoms with Gasteiger partial charge < -0.3 is 14.9 Å². The van der Waals surface area contributed by atoms with Crippen molar-refractivity contribution in [2.24, 2.45) is 0 Å². The van der Waals surface area contributed by atoms with Crippen molar-refractivity contribution < 1.29 is 23.1 Å². The van der Waals surface area contributed by atoms with Crippen LogP contribution in [0.4, 0.5) is 5.69 Å². The molecule has 0 fully saturated rings. The van der Waals surface area contributed by atoms with E-state index >= 15 is 0 Å². The van der Waals surface area contributed by atoms with Crippen molar-refractivity contribution in [3.8, 4) is 11.1 Å². The molecule has 3 aromatic rings. The number of carboxylic acids is 1. The second-order valence-corrected chi connectivity index (χ2v) is 12.1. The van der Waals surface area contributed by atoms with Gasteiger partial charge >= 0.3 is 5.97 Å². The Kier molecular flexibility index (Phi) is 9.10.